The lowest BCUT2D eigenvalue weighted by Gasteiger charge is -2.08. The lowest BCUT2D eigenvalue weighted by Crippen LogP contribution is -2.30. The van der Waals surface area contributed by atoms with E-state index >= 15 is 0 Å². The van der Waals surface area contributed by atoms with Gasteiger partial charge < -0.3 is 10.3 Å². The van der Waals surface area contributed by atoms with Crippen molar-refractivity contribution in [1.82, 2.24) is 15.2 Å². The van der Waals surface area contributed by atoms with Gasteiger partial charge in [-0.3, -0.25) is 9.69 Å². The summed E-state index contributed by atoms with van der Waals surface area (Å²) in [6.45, 7) is 2.48. The highest BCUT2D eigenvalue weighted by molar-refractivity contribution is 7.80. The Bertz CT molecular complexity index is 422. The van der Waals surface area contributed by atoms with E-state index in [0.717, 1.165) is 5.69 Å². The van der Waals surface area contributed by atoms with E-state index in [1.165, 1.54) is 4.90 Å². The van der Waals surface area contributed by atoms with Crippen molar-refractivity contribution in [3.63, 3.8) is 0 Å². The topological polar surface area (TPSA) is 48.1 Å². The van der Waals surface area contributed by atoms with Crippen molar-refractivity contribution in [2.24, 2.45) is 0 Å². The standard InChI is InChI=1S/C10H11N3OS/c1-2-13-9(14)8(12-10(13)15)6-7-4-3-5-11-7/h3-6,11H,2H2,1H3,(H,12,15)/b8-6+. The van der Waals surface area contributed by atoms with Crippen molar-refractivity contribution in [3.05, 3.63) is 29.7 Å². The predicted molar refractivity (Wildman–Crippen MR) is 61.9 cm³/mol. The summed E-state index contributed by atoms with van der Waals surface area (Å²) in [6.07, 6.45) is 3.56. The van der Waals surface area contributed by atoms with Gasteiger partial charge in [-0.25, -0.2) is 0 Å². The molecule has 0 atom stereocenters. The van der Waals surface area contributed by atoms with Crippen LogP contribution in [0.5, 0.6) is 0 Å². The SMILES string of the molecule is CCN1C(=O)/C(=C\c2ccc[nH]2)NC1=S. The molecule has 1 aromatic heterocycles. The Morgan fingerprint density at radius 1 is 1.60 bits per heavy atom. The number of nitrogens with zero attached hydrogens (tertiary/aromatic N) is 1. The Morgan fingerprint density at radius 2 is 2.40 bits per heavy atom. The van der Waals surface area contributed by atoms with E-state index in [0.29, 0.717) is 17.4 Å². The largest absolute Gasteiger partial charge is 0.362 e. The smallest absolute Gasteiger partial charge is 0.276 e. The molecule has 0 unspecified atom stereocenters. The maximum absolute atomic E-state index is 11.8. The van der Waals surface area contributed by atoms with Gasteiger partial charge in [-0.05, 0) is 37.4 Å². The number of nitrogens with one attached hydrogen (secondary N) is 2. The Hall–Kier alpha value is -1.62. The highest BCUT2D eigenvalue weighted by Gasteiger charge is 2.28. The van der Waals surface area contributed by atoms with Gasteiger partial charge in [0.1, 0.15) is 5.70 Å². The first-order chi connectivity index (χ1) is 7.22. The number of carbonyl (C=O) groups excluding carboxylic acids is 1. The first kappa shape index (κ1) is 9.92. The molecule has 1 amide bonds. The van der Waals surface area contributed by atoms with Gasteiger partial charge in [0, 0.05) is 18.4 Å². The number of aromatic nitrogens is 1. The van der Waals surface area contributed by atoms with Crippen LogP contribution in [-0.4, -0.2) is 27.4 Å². The third-order valence-electron chi connectivity index (χ3n) is 2.20. The molecule has 4 nitrogen and oxygen atoms in total. The lowest BCUT2D eigenvalue weighted by molar-refractivity contribution is -0.122. The van der Waals surface area contributed by atoms with E-state index in [1.807, 2.05) is 25.3 Å². The molecule has 15 heavy (non-hydrogen) atoms. The molecule has 2 rings (SSSR count). The van der Waals surface area contributed by atoms with Gasteiger partial charge in [-0.15, -0.1) is 0 Å². The van der Waals surface area contributed by atoms with Crippen LogP contribution in [0.3, 0.4) is 0 Å². The van der Waals surface area contributed by atoms with Crippen molar-refractivity contribution < 1.29 is 4.79 Å². The average molecular weight is 221 g/mol. The van der Waals surface area contributed by atoms with Crippen LogP contribution in [0.2, 0.25) is 0 Å². The molecule has 0 saturated carbocycles. The Morgan fingerprint density at radius 3 is 2.93 bits per heavy atom. The van der Waals surface area contributed by atoms with E-state index in [2.05, 4.69) is 10.3 Å². The maximum atomic E-state index is 11.8. The van der Waals surface area contributed by atoms with E-state index in [4.69, 9.17) is 12.2 Å². The third kappa shape index (κ3) is 1.78. The second-order valence-electron chi connectivity index (χ2n) is 3.16. The molecule has 0 bridgehead atoms. The highest BCUT2D eigenvalue weighted by Crippen LogP contribution is 2.12. The Balaban J connectivity index is 2.26. The van der Waals surface area contributed by atoms with E-state index in [9.17, 15) is 4.79 Å². The molecular weight excluding hydrogens is 210 g/mol. The predicted octanol–water partition coefficient (Wildman–Crippen LogP) is 1.09. The number of hydrogen-bond donors (Lipinski definition) is 2. The number of rotatable bonds is 2. The molecule has 0 aromatic carbocycles. The summed E-state index contributed by atoms with van der Waals surface area (Å²) in [5, 5.41) is 3.36. The van der Waals surface area contributed by atoms with Crippen molar-refractivity contribution >= 4 is 29.3 Å². The zero-order valence-electron chi connectivity index (χ0n) is 8.28. The second-order valence-corrected chi connectivity index (χ2v) is 3.55. The number of H-pyrrole nitrogens is 1. The Kier molecular flexibility index (Phi) is 2.55. The zero-order chi connectivity index (χ0) is 10.8. The van der Waals surface area contributed by atoms with Crippen molar-refractivity contribution in [3.8, 4) is 0 Å². The first-order valence-electron chi connectivity index (χ1n) is 4.70. The third-order valence-corrected chi connectivity index (χ3v) is 2.52. The molecule has 1 aliphatic heterocycles. The summed E-state index contributed by atoms with van der Waals surface area (Å²) in [5.74, 6) is -0.0721. The average Bonchev–Trinajstić information content (AvgIpc) is 2.78. The van der Waals surface area contributed by atoms with E-state index in [1.54, 1.807) is 6.08 Å². The summed E-state index contributed by atoms with van der Waals surface area (Å²) in [7, 11) is 0. The number of amides is 1. The second kappa shape index (κ2) is 3.86. The molecule has 0 aliphatic carbocycles. The molecule has 1 aliphatic rings. The fraction of sp³-hybridized carbons (Fsp3) is 0.200. The highest BCUT2D eigenvalue weighted by atomic mass is 32.1. The van der Waals surface area contributed by atoms with Crippen LogP contribution in [0.25, 0.3) is 6.08 Å². The van der Waals surface area contributed by atoms with Gasteiger partial charge in [0.2, 0.25) is 0 Å². The van der Waals surface area contributed by atoms with Crippen molar-refractivity contribution in [2.45, 2.75) is 6.92 Å². The molecule has 1 saturated heterocycles. The van der Waals surface area contributed by atoms with Crippen LogP contribution in [-0.2, 0) is 4.79 Å². The summed E-state index contributed by atoms with van der Waals surface area (Å²) < 4.78 is 0. The van der Waals surface area contributed by atoms with Crippen LogP contribution in [0, 0.1) is 0 Å². The van der Waals surface area contributed by atoms with Gasteiger partial charge in [0.25, 0.3) is 5.91 Å². The number of likely N-dealkylation sites (N-methyl/N-ethyl adjacent to an activating group) is 1. The monoisotopic (exact) mass is 221 g/mol. The first-order valence-corrected chi connectivity index (χ1v) is 5.11. The molecule has 0 radical (unpaired) electrons. The van der Waals surface area contributed by atoms with E-state index < -0.39 is 0 Å². The number of carbonyl (C=O) groups is 1. The van der Waals surface area contributed by atoms with Crippen molar-refractivity contribution in [1.29, 1.82) is 0 Å². The minimum Gasteiger partial charge on any atom is -0.362 e. The zero-order valence-corrected chi connectivity index (χ0v) is 9.10. The fourth-order valence-corrected chi connectivity index (χ4v) is 1.77. The number of aromatic amines is 1. The molecule has 78 valence electrons. The quantitative estimate of drug-likeness (QED) is 0.580. The molecule has 1 aromatic rings. The number of thiocarbonyl (C=S) groups is 1. The number of hydrogen-bond acceptors (Lipinski definition) is 2. The van der Waals surface area contributed by atoms with Gasteiger partial charge >= 0.3 is 0 Å². The van der Waals surface area contributed by atoms with Crippen LogP contribution in [0.15, 0.2) is 24.0 Å². The van der Waals surface area contributed by atoms with Crippen molar-refractivity contribution in [2.75, 3.05) is 6.54 Å². The molecule has 2 N–H and O–H groups in total. The minimum absolute atomic E-state index is 0.0721. The van der Waals surface area contributed by atoms with Gasteiger partial charge in [0.15, 0.2) is 5.11 Å². The van der Waals surface area contributed by atoms with Gasteiger partial charge in [0.05, 0.1) is 0 Å². The van der Waals surface area contributed by atoms with Gasteiger partial charge in [-0.1, -0.05) is 0 Å². The molecule has 1 fully saturated rings. The normalized spacial score (nSPS) is 18.7. The summed E-state index contributed by atoms with van der Waals surface area (Å²) in [6, 6.07) is 3.77. The molecule has 5 heteroatoms. The van der Waals surface area contributed by atoms with Crippen LogP contribution in [0.4, 0.5) is 0 Å². The summed E-state index contributed by atoms with van der Waals surface area (Å²) in [4.78, 5) is 16.3. The van der Waals surface area contributed by atoms with Crippen LogP contribution >= 0.6 is 12.2 Å². The fourth-order valence-electron chi connectivity index (χ4n) is 1.45. The molecule has 0 spiro atoms. The van der Waals surface area contributed by atoms with Crippen LogP contribution in [0.1, 0.15) is 12.6 Å². The van der Waals surface area contributed by atoms with Crippen LogP contribution < -0.4 is 5.32 Å². The lowest BCUT2D eigenvalue weighted by atomic mass is 10.3. The van der Waals surface area contributed by atoms with E-state index in [-0.39, 0.29) is 5.91 Å². The molecule has 2 heterocycles. The minimum atomic E-state index is -0.0721. The summed E-state index contributed by atoms with van der Waals surface area (Å²) in [5.41, 5.74) is 1.40. The maximum Gasteiger partial charge on any atom is 0.276 e. The van der Waals surface area contributed by atoms with Gasteiger partial charge in [-0.2, -0.15) is 0 Å². The summed E-state index contributed by atoms with van der Waals surface area (Å²) >= 11 is 5.03. The molecular formula is C10H11N3OS. The Labute approximate surface area is 93.0 Å².